The summed E-state index contributed by atoms with van der Waals surface area (Å²) in [5.41, 5.74) is 5.53. The number of ether oxygens (including phenoxy) is 1. The minimum absolute atomic E-state index is 0.236. The molecule has 0 radical (unpaired) electrons. The van der Waals surface area contributed by atoms with Crippen LogP contribution in [-0.2, 0) is 11.2 Å². The molecule has 1 amide bonds. The number of carbonyl (C=O) groups excluding carboxylic acids is 1. The van der Waals surface area contributed by atoms with Crippen molar-refractivity contribution in [1.82, 2.24) is 14.9 Å². The smallest absolute Gasteiger partial charge is 0.222 e. The van der Waals surface area contributed by atoms with Crippen molar-refractivity contribution in [2.45, 2.75) is 58.8 Å². The van der Waals surface area contributed by atoms with Crippen LogP contribution in [0, 0.1) is 12.8 Å². The average molecular weight is 464 g/mol. The Morgan fingerprint density at radius 1 is 1.15 bits per heavy atom. The Labute approximate surface area is 202 Å². The van der Waals surface area contributed by atoms with Crippen LogP contribution >= 0.6 is 0 Å². The molecular weight excluding hydrogens is 426 g/mol. The van der Waals surface area contributed by atoms with E-state index in [-0.39, 0.29) is 12.5 Å². The molecule has 6 nitrogen and oxygen atoms in total. The normalized spacial score (nSPS) is 14.6. The number of H-pyrrole nitrogens is 1. The van der Waals surface area contributed by atoms with Gasteiger partial charge in [0.05, 0.1) is 17.6 Å². The lowest BCUT2D eigenvalue weighted by atomic mass is 9.92. The second kappa shape index (κ2) is 11.5. The number of hydrogen-bond donors (Lipinski definition) is 2. The number of amides is 1. The van der Waals surface area contributed by atoms with E-state index in [1.54, 1.807) is 0 Å². The van der Waals surface area contributed by atoms with Crippen LogP contribution in [0.1, 0.15) is 56.8 Å². The van der Waals surface area contributed by atoms with E-state index in [0.29, 0.717) is 18.9 Å². The standard InChI is InChI=1S/C28H37N3O3/c1-3-22-18-23(24-8-10-25-26(19-24)30-20(2)29-25)9-11-27(22)34-17-5-7-28(33)31-14-12-21(13-15-31)6-4-16-32/h8-11,18-19,21,32H,3-7,12-17H2,1-2H3,(H,29,30). The summed E-state index contributed by atoms with van der Waals surface area (Å²) >= 11 is 0. The lowest BCUT2D eigenvalue weighted by Crippen LogP contribution is -2.38. The van der Waals surface area contributed by atoms with Gasteiger partial charge in [0, 0.05) is 26.1 Å². The molecule has 0 atom stereocenters. The molecule has 0 saturated carbocycles. The summed E-state index contributed by atoms with van der Waals surface area (Å²) < 4.78 is 6.08. The van der Waals surface area contributed by atoms with Crippen LogP contribution in [-0.4, -0.2) is 52.2 Å². The Balaban J connectivity index is 1.27. The van der Waals surface area contributed by atoms with Gasteiger partial charge >= 0.3 is 0 Å². The molecule has 1 aliphatic heterocycles. The Kier molecular flexibility index (Phi) is 8.22. The molecule has 3 aromatic rings. The van der Waals surface area contributed by atoms with Crippen molar-refractivity contribution in [3.05, 3.63) is 47.8 Å². The van der Waals surface area contributed by atoms with E-state index in [4.69, 9.17) is 9.84 Å². The highest BCUT2D eigenvalue weighted by atomic mass is 16.5. The number of aryl methyl sites for hydroxylation is 2. The van der Waals surface area contributed by atoms with Crippen molar-refractivity contribution >= 4 is 16.9 Å². The number of aliphatic hydroxyl groups is 1. The Morgan fingerprint density at radius 2 is 1.91 bits per heavy atom. The second-order valence-corrected chi connectivity index (χ2v) is 9.37. The lowest BCUT2D eigenvalue weighted by molar-refractivity contribution is -0.132. The molecule has 1 aliphatic rings. The number of rotatable bonds is 10. The van der Waals surface area contributed by atoms with E-state index in [2.05, 4.69) is 53.3 Å². The number of aliphatic hydroxyl groups excluding tert-OH is 1. The molecule has 0 aliphatic carbocycles. The molecule has 2 heterocycles. The van der Waals surface area contributed by atoms with Gasteiger partial charge in [-0.3, -0.25) is 4.79 Å². The van der Waals surface area contributed by atoms with Crippen molar-refractivity contribution in [3.63, 3.8) is 0 Å². The molecule has 6 heteroatoms. The largest absolute Gasteiger partial charge is 0.493 e. The summed E-state index contributed by atoms with van der Waals surface area (Å²) in [6.45, 7) is 6.62. The van der Waals surface area contributed by atoms with Gasteiger partial charge in [0.25, 0.3) is 0 Å². The predicted octanol–water partition coefficient (Wildman–Crippen LogP) is 5.27. The van der Waals surface area contributed by atoms with Gasteiger partial charge in [-0.05, 0) is 92.3 Å². The number of fused-ring (bicyclic) bond motifs is 1. The van der Waals surface area contributed by atoms with E-state index in [9.17, 15) is 4.79 Å². The molecule has 2 aromatic carbocycles. The van der Waals surface area contributed by atoms with Gasteiger partial charge in [-0.15, -0.1) is 0 Å². The first-order valence-electron chi connectivity index (χ1n) is 12.7. The molecule has 2 N–H and O–H groups in total. The number of aromatic amines is 1. The fraction of sp³-hybridized carbons (Fsp3) is 0.500. The summed E-state index contributed by atoms with van der Waals surface area (Å²) in [7, 11) is 0. The minimum atomic E-state index is 0.236. The van der Waals surface area contributed by atoms with Gasteiger partial charge in [-0.25, -0.2) is 4.98 Å². The van der Waals surface area contributed by atoms with Crippen LogP contribution in [0.3, 0.4) is 0 Å². The van der Waals surface area contributed by atoms with E-state index >= 15 is 0 Å². The molecule has 0 unspecified atom stereocenters. The molecule has 0 bridgehead atoms. The lowest BCUT2D eigenvalue weighted by Gasteiger charge is -2.32. The Morgan fingerprint density at radius 3 is 2.68 bits per heavy atom. The van der Waals surface area contributed by atoms with E-state index in [1.165, 1.54) is 5.56 Å². The van der Waals surface area contributed by atoms with Crippen LogP contribution in [0.4, 0.5) is 0 Å². The third kappa shape index (κ3) is 5.98. The van der Waals surface area contributed by atoms with Gasteiger partial charge in [-0.2, -0.15) is 0 Å². The van der Waals surface area contributed by atoms with Crippen LogP contribution < -0.4 is 4.74 Å². The minimum Gasteiger partial charge on any atom is -0.493 e. The first-order chi connectivity index (χ1) is 16.6. The van der Waals surface area contributed by atoms with Gasteiger partial charge in [0.1, 0.15) is 11.6 Å². The predicted molar refractivity (Wildman–Crippen MR) is 136 cm³/mol. The van der Waals surface area contributed by atoms with Crippen molar-refractivity contribution in [3.8, 4) is 16.9 Å². The Bertz CT molecular complexity index is 1100. The topological polar surface area (TPSA) is 78.5 Å². The van der Waals surface area contributed by atoms with Crippen LogP contribution in [0.25, 0.3) is 22.2 Å². The van der Waals surface area contributed by atoms with Crippen LogP contribution in [0.15, 0.2) is 36.4 Å². The highest BCUT2D eigenvalue weighted by molar-refractivity contribution is 5.82. The van der Waals surface area contributed by atoms with E-state index < -0.39 is 0 Å². The molecule has 1 aromatic heterocycles. The summed E-state index contributed by atoms with van der Waals surface area (Å²) in [5.74, 6) is 2.72. The first kappa shape index (κ1) is 24.3. The molecular formula is C28H37N3O3. The molecule has 0 spiro atoms. The van der Waals surface area contributed by atoms with Crippen molar-refractivity contribution in [2.75, 3.05) is 26.3 Å². The number of benzene rings is 2. The molecule has 1 fully saturated rings. The van der Waals surface area contributed by atoms with E-state index in [1.807, 2.05) is 11.8 Å². The number of aromatic nitrogens is 2. The van der Waals surface area contributed by atoms with Gasteiger partial charge < -0.3 is 19.7 Å². The average Bonchev–Trinajstić information content (AvgIpc) is 3.24. The Hall–Kier alpha value is -2.86. The summed E-state index contributed by atoms with van der Waals surface area (Å²) in [6.07, 6.45) is 6.20. The van der Waals surface area contributed by atoms with Crippen LogP contribution in [0.2, 0.25) is 0 Å². The number of imidazole rings is 1. The first-order valence-corrected chi connectivity index (χ1v) is 12.7. The number of nitrogens with one attached hydrogen (secondary N) is 1. The molecule has 182 valence electrons. The molecule has 4 rings (SSSR count). The highest BCUT2D eigenvalue weighted by Gasteiger charge is 2.22. The van der Waals surface area contributed by atoms with Gasteiger partial charge in [0.15, 0.2) is 0 Å². The number of hydrogen-bond acceptors (Lipinski definition) is 4. The SMILES string of the molecule is CCc1cc(-c2ccc3nc(C)[nH]c3c2)ccc1OCCCC(=O)N1CCC(CCCO)CC1. The highest BCUT2D eigenvalue weighted by Crippen LogP contribution is 2.29. The summed E-state index contributed by atoms with van der Waals surface area (Å²) in [5, 5.41) is 8.99. The zero-order valence-electron chi connectivity index (χ0n) is 20.5. The summed E-state index contributed by atoms with van der Waals surface area (Å²) in [4.78, 5) is 22.4. The molecule has 34 heavy (non-hydrogen) atoms. The maximum atomic E-state index is 12.6. The number of carbonyl (C=O) groups is 1. The van der Waals surface area contributed by atoms with Crippen molar-refractivity contribution in [1.29, 1.82) is 0 Å². The maximum absolute atomic E-state index is 12.6. The zero-order chi connectivity index (χ0) is 23.9. The van der Waals surface area contributed by atoms with Crippen LogP contribution in [0.5, 0.6) is 5.75 Å². The number of nitrogens with zero attached hydrogens (tertiary/aromatic N) is 2. The third-order valence-corrected chi connectivity index (χ3v) is 6.91. The van der Waals surface area contributed by atoms with E-state index in [0.717, 1.165) is 85.3 Å². The van der Waals surface area contributed by atoms with Gasteiger partial charge in [-0.1, -0.05) is 19.1 Å². The van der Waals surface area contributed by atoms with Crippen molar-refractivity contribution in [2.24, 2.45) is 5.92 Å². The maximum Gasteiger partial charge on any atom is 0.222 e. The molecule has 1 saturated heterocycles. The quantitative estimate of drug-likeness (QED) is 0.402. The third-order valence-electron chi connectivity index (χ3n) is 6.91. The fourth-order valence-corrected chi connectivity index (χ4v) is 4.91. The van der Waals surface area contributed by atoms with Crippen molar-refractivity contribution < 1.29 is 14.6 Å². The zero-order valence-corrected chi connectivity index (χ0v) is 20.5. The fourth-order valence-electron chi connectivity index (χ4n) is 4.91. The van der Waals surface area contributed by atoms with Gasteiger partial charge in [0.2, 0.25) is 5.91 Å². The second-order valence-electron chi connectivity index (χ2n) is 9.37. The number of likely N-dealkylation sites (tertiary alicyclic amines) is 1. The summed E-state index contributed by atoms with van der Waals surface area (Å²) in [6, 6.07) is 12.7. The monoisotopic (exact) mass is 463 g/mol. The number of piperidine rings is 1.